The molecule has 2 aromatic rings. The van der Waals surface area contributed by atoms with Crippen molar-refractivity contribution in [3.8, 4) is 5.75 Å². The molecule has 0 aliphatic rings. The van der Waals surface area contributed by atoms with Crippen molar-refractivity contribution >= 4 is 11.4 Å². The lowest BCUT2D eigenvalue weighted by atomic mass is 10.1. The summed E-state index contributed by atoms with van der Waals surface area (Å²) in [5.74, 6) is -0.121. The number of aromatic hydroxyl groups is 1. The second-order valence-electron chi connectivity index (χ2n) is 4.24. The van der Waals surface area contributed by atoms with Crippen molar-refractivity contribution in [1.29, 1.82) is 0 Å². The normalized spacial score (nSPS) is 11.8. The second kappa shape index (κ2) is 5.39. The van der Waals surface area contributed by atoms with Gasteiger partial charge in [0.05, 0.1) is 11.0 Å². The zero-order valence-corrected chi connectivity index (χ0v) is 10.4. The first-order chi connectivity index (χ1) is 9.08. The molecule has 19 heavy (non-hydrogen) atoms. The molecule has 5 nitrogen and oxygen atoms in total. The van der Waals surface area contributed by atoms with E-state index < -0.39 is 4.92 Å². The molecule has 0 spiro atoms. The molecule has 0 aromatic heterocycles. The number of nitro benzene ring substituents is 1. The smallest absolute Gasteiger partial charge is 0.296 e. The van der Waals surface area contributed by atoms with Gasteiger partial charge in [-0.15, -0.1) is 0 Å². The van der Waals surface area contributed by atoms with Gasteiger partial charge in [0.1, 0.15) is 11.4 Å². The lowest BCUT2D eigenvalue weighted by Crippen LogP contribution is -2.08. The van der Waals surface area contributed by atoms with E-state index in [-0.39, 0.29) is 17.5 Å². The van der Waals surface area contributed by atoms with Crippen molar-refractivity contribution < 1.29 is 10.0 Å². The lowest BCUT2D eigenvalue weighted by molar-refractivity contribution is -0.384. The Labute approximate surface area is 110 Å². The molecule has 2 aromatic carbocycles. The van der Waals surface area contributed by atoms with E-state index in [1.165, 1.54) is 12.1 Å². The van der Waals surface area contributed by atoms with Crippen molar-refractivity contribution in [2.75, 3.05) is 5.32 Å². The highest BCUT2D eigenvalue weighted by Crippen LogP contribution is 2.31. The minimum atomic E-state index is -0.514. The van der Waals surface area contributed by atoms with E-state index in [1.54, 1.807) is 0 Å². The summed E-state index contributed by atoms with van der Waals surface area (Å²) in [5.41, 5.74) is 1.28. The molecule has 0 saturated heterocycles. The van der Waals surface area contributed by atoms with Crippen LogP contribution in [0.3, 0.4) is 0 Å². The summed E-state index contributed by atoms with van der Waals surface area (Å²) in [4.78, 5) is 10.4. The standard InChI is InChI=1S/C14H14N2O3/c1-10(11-5-3-2-4-6-11)15-13-8-7-12(17)9-14(13)16(18)19/h2-10,15,17H,1H3. The monoisotopic (exact) mass is 258 g/mol. The van der Waals surface area contributed by atoms with E-state index in [0.717, 1.165) is 11.6 Å². The van der Waals surface area contributed by atoms with Gasteiger partial charge in [-0.1, -0.05) is 30.3 Å². The predicted octanol–water partition coefficient (Wildman–Crippen LogP) is 3.47. The predicted molar refractivity (Wildman–Crippen MR) is 73.2 cm³/mol. The van der Waals surface area contributed by atoms with E-state index in [9.17, 15) is 15.2 Å². The Morgan fingerprint density at radius 2 is 1.89 bits per heavy atom. The van der Waals surface area contributed by atoms with E-state index in [1.807, 2.05) is 37.3 Å². The molecule has 0 aliphatic carbocycles. The maximum Gasteiger partial charge on any atom is 0.296 e. The van der Waals surface area contributed by atoms with E-state index >= 15 is 0 Å². The van der Waals surface area contributed by atoms with Crippen LogP contribution in [0.4, 0.5) is 11.4 Å². The molecular weight excluding hydrogens is 244 g/mol. The molecule has 0 radical (unpaired) electrons. The molecule has 98 valence electrons. The molecule has 0 heterocycles. The van der Waals surface area contributed by atoms with Gasteiger partial charge in [-0.25, -0.2) is 0 Å². The van der Waals surface area contributed by atoms with E-state index in [4.69, 9.17) is 0 Å². The van der Waals surface area contributed by atoms with Crippen LogP contribution in [0.25, 0.3) is 0 Å². The minimum Gasteiger partial charge on any atom is -0.508 e. The maximum absolute atomic E-state index is 10.9. The SMILES string of the molecule is CC(Nc1ccc(O)cc1[N+](=O)[O-])c1ccccc1. The highest BCUT2D eigenvalue weighted by Gasteiger charge is 2.16. The fourth-order valence-corrected chi connectivity index (χ4v) is 1.85. The van der Waals surface area contributed by atoms with Crippen LogP contribution in [0.1, 0.15) is 18.5 Å². The Morgan fingerprint density at radius 3 is 2.53 bits per heavy atom. The molecule has 0 saturated carbocycles. The van der Waals surface area contributed by atoms with Crippen LogP contribution in [-0.4, -0.2) is 10.0 Å². The molecule has 0 amide bonds. The van der Waals surface area contributed by atoms with Crippen LogP contribution in [-0.2, 0) is 0 Å². The molecule has 2 rings (SSSR count). The number of nitro groups is 1. The van der Waals surface area contributed by atoms with Crippen molar-refractivity contribution in [3.05, 3.63) is 64.2 Å². The fourth-order valence-electron chi connectivity index (χ4n) is 1.85. The van der Waals surface area contributed by atoms with Gasteiger partial charge in [-0.3, -0.25) is 10.1 Å². The van der Waals surface area contributed by atoms with Crippen molar-refractivity contribution in [2.45, 2.75) is 13.0 Å². The van der Waals surface area contributed by atoms with Crippen LogP contribution in [0.2, 0.25) is 0 Å². The van der Waals surface area contributed by atoms with Crippen LogP contribution in [0.15, 0.2) is 48.5 Å². The second-order valence-corrected chi connectivity index (χ2v) is 4.24. The van der Waals surface area contributed by atoms with Gasteiger partial charge in [0, 0.05) is 6.04 Å². The van der Waals surface area contributed by atoms with Gasteiger partial charge in [-0.2, -0.15) is 0 Å². The van der Waals surface area contributed by atoms with E-state index in [0.29, 0.717) is 5.69 Å². The summed E-state index contributed by atoms with van der Waals surface area (Å²) in [7, 11) is 0. The van der Waals surface area contributed by atoms with Gasteiger partial charge in [0.25, 0.3) is 5.69 Å². The Hall–Kier alpha value is -2.56. The third kappa shape index (κ3) is 3.01. The number of nitrogens with zero attached hydrogens (tertiary/aromatic N) is 1. The van der Waals surface area contributed by atoms with E-state index in [2.05, 4.69) is 5.32 Å². The number of benzene rings is 2. The first-order valence-electron chi connectivity index (χ1n) is 5.87. The third-order valence-corrected chi connectivity index (χ3v) is 2.85. The summed E-state index contributed by atoms with van der Waals surface area (Å²) in [6, 6.07) is 13.6. The van der Waals surface area contributed by atoms with Gasteiger partial charge >= 0.3 is 0 Å². The number of anilines is 1. The molecular formula is C14H14N2O3. The molecule has 0 aliphatic heterocycles. The summed E-state index contributed by atoms with van der Waals surface area (Å²) >= 11 is 0. The first kappa shape index (κ1) is 12.9. The van der Waals surface area contributed by atoms with Gasteiger partial charge in [0.15, 0.2) is 0 Å². The highest BCUT2D eigenvalue weighted by molar-refractivity contribution is 5.64. The minimum absolute atomic E-state index is 0.0653. The largest absolute Gasteiger partial charge is 0.508 e. The summed E-state index contributed by atoms with van der Waals surface area (Å²) in [6.07, 6.45) is 0. The zero-order valence-electron chi connectivity index (χ0n) is 10.4. The Bertz CT molecular complexity index is 584. The third-order valence-electron chi connectivity index (χ3n) is 2.85. The zero-order chi connectivity index (χ0) is 13.8. The molecule has 1 atom stereocenters. The topological polar surface area (TPSA) is 75.4 Å². The van der Waals surface area contributed by atoms with Gasteiger partial charge < -0.3 is 10.4 Å². The molecule has 2 N–H and O–H groups in total. The summed E-state index contributed by atoms with van der Waals surface area (Å²) in [5, 5.41) is 23.3. The molecule has 0 bridgehead atoms. The summed E-state index contributed by atoms with van der Waals surface area (Å²) < 4.78 is 0. The molecule has 0 fully saturated rings. The van der Waals surface area contributed by atoms with Crippen LogP contribution < -0.4 is 5.32 Å². The van der Waals surface area contributed by atoms with Gasteiger partial charge in [0.2, 0.25) is 0 Å². The highest BCUT2D eigenvalue weighted by atomic mass is 16.6. The van der Waals surface area contributed by atoms with Crippen LogP contribution in [0.5, 0.6) is 5.75 Å². The quantitative estimate of drug-likeness (QED) is 0.500. The lowest BCUT2D eigenvalue weighted by Gasteiger charge is -2.15. The Morgan fingerprint density at radius 1 is 1.21 bits per heavy atom. The average Bonchev–Trinajstić information content (AvgIpc) is 2.41. The Balaban J connectivity index is 2.26. The average molecular weight is 258 g/mol. The van der Waals surface area contributed by atoms with Crippen molar-refractivity contribution in [1.82, 2.24) is 0 Å². The molecule has 5 heteroatoms. The maximum atomic E-state index is 10.9. The Kier molecular flexibility index (Phi) is 3.66. The number of rotatable bonds is 4. The summed E-state index contributed by atoms with van der Waals surface area (Å²) in [6.45, 7) is 1.92. The fraction of sp³-hybridized carbons (Fsp3) is 0.143. The number of phenolic OH excluding ortho intramolecular Hbond substituents is 1. The van der Waals surface area contributed by atoms with Crippen molar-refractivity contribution in [3.63, 3.8) is 0 Å². The van der Waals surface area contributed by atoms with Crippen LogP contribution in [0, 0.1) is 10.1 Å². The molecule has 1 unspecified atom stereocenters. The number of hydrogen-bond donors (Lipinski definition) is 2. The van der Waals surface area contributed by atoms with Gasteiger partial charge in [-0.05, 0) is 24.6 Å². The number of nitrogens with one attached hydrogen (secondary N) is 1. The van der Waals surface area contributed by atoms with Crippen molar-refractivity contribution in [2.24, 2.45) is 0 Å². The van der Waals surface area contributed by atoms with Crippen LogP contribution >= 0.6 is 0 Å². The number of hydrogen-bond acceptors (Lipinski definition) is 4. The first-order valence-corrected chi connectivity index (χ1v) is 5.87. The number of phenols is 1.